The molecule has 0 fully saturated rings. The fourth-order valence-electron chi connectivity index (χ4n) is 2.19. The molecular weight excluding hydrogens is 431 g/mol. The average Bonchev–Trinajstić information content (AvgIpc) is 2.68. The van der Waals surface area contributed by atoms with E-state index in [2.05, 4.69) is 15.3 Å². The van der Waals surface area contributed by atoms with E-state index in [0.29, 0.717) is 26.9 Å². The molecule has 8 nitrogen and oxygen atoms in total. The van der Waals surface area contributed by atoms with E-state index in [1.54, 1.807) is 18.2 Å². The molecular formula is C20H20Cl2N4O4. The number of nitrogens with one attached hydrogen (secondary N) is 1. The standard InChI is InChI=1S/C20H20Cl2N4O4/c1-20(2,19(29)30)10-26-18(28)17-16(27)5-11(8-25-17)12(7-23)9-24-15-4-3-13(21)6-14(15)22/h3-9,27H,10,23H2,1-2H3,(H,26,28)(H,29,30). The van der Waals surface area contributed by atoms with Crippen molar-refractivity contribution in [3.63, 3.8) is 0 Å². The van der Waals surface area contributed by atoms with Crippen LogP contribution in [0.25, 0.3) is 5.57 Å². The van der Waals surface area contributed by atoms with Crippen molar-refractivity contribution < 1.29 is 19.8 Å². The minimum absolute atomic E-state index is 0.132. The number of hydrogen-bond acceptors (Lipinski definition) is 6. The Morgan fingerprint density at radius 2 is 2.00 bits per heavy atom. The number of rotatable bonds is 7. The maximum atomic E-state index is 12.2. The Balaban J connectivity index is 2.19. The summed E-state index contributed by atoms with van der Waals surface area (Å²) in [5, 5.41) is 22.6. The monoisotopic (exact) mass is 450 g/mol. The molecule has 30 heavy (non-hydrogen) atoms. The SMILES string of the molecule is CC(C)(CNC(=O)c1ncc(C(C=Nc2ccc(Cl)cc2Cl)=CN)cc1O)C(=O)O. The third kappa shape index (κ3) is 5.71. The maximum absolute atomic E-state index is 12.2. The first-order valence-corrected chi connectivity index (χ1v) is 9.42. The van der Waals surface area contributed by atoms with E-state index in [9.17, 15) is 14.7 Å². The topological polar surface area (TPSA) is 138 Å². The number of aliphatic carboxylic acids is 1. The van der Waals surface area contributed by atoms with Crippen LogP contribution in [0.4, 0.5) is 5.69 Å². The minimum Gasteiger partial charge on any atom is -0.505 e. The van der Waals surface area contributed by atoms with Gasteiger partial charge in [0, 0.05) is 41.3 Å². The van der Waals surface area contributed by atoms with Crippen molar-refractivity contribution in [3.8, 4) is 5.75 Å². The van der Waals surface area contributed by atoms with Crippen LogP contribution >= 0.6 is 23.2 Å². The summed E-state index contributed by atoms with van der Waals surface area (Å²) in [4.78, 5) is 31.6. The van der Waals surface area contributed by atoms with Gasteiger partial charge in [0.25, 0.3) is 5.91 Å². The zero-order chi connectivity index (χ0) is 22.5. The highest BCUT2D eigenvalue weighted by Crippen LogP contribution is 2.28. The molecule has 1 amide bonds. The number of nitrogens with zero attached hydrogens (tertiary/aromatic N) is 2. The highest BCUT2D eigenvalue weighted by molar-refractivity contribution is 6.36. The Morgan fingerprint density at radius 1 is 1.30 bits per heavy atom. The molecule has 5 N–H and O–H groups in total. The van der Waals surface area contributed by atoms with E-state index in [4.69, 9.17) is 34.0 Å². The van der Waals surface area contributed by atoms with E-state index >= 15 is 0 Å². The van der Waals surface area contributed by atoms with Gasteiger partial charge in [-0.15, -0.1) is 0 Å². The third-order valence-electron chi connectivity index (χ3n) is 4.12. The summed E-state index contributed by atoms with van der Waals surface area (Å²) in [6.07, 6.45) is 4.03. The van der Waals surface area contributed by atoms with Crippen LogP contribution in [0.5, 0.6) is 5.75 Å². The van der Waals surface area contributed by atoms with Crippen LogP contribution < -0.4 is 11.1 Å². The number of benzene rings is 1. The molecule has 0 unspecified atom stereocenters. The van der Waals surface area contributed by atoms with Gasteiger partial charge in [-0.3, -0.25) is 14.6 Å². The summed E-state index contributed by atoms with van der Waals surface area (Å²) in [5.41, 5.74) is 5.54. The number of pyridine rings is 1. The summed E-state index contributed by atoms with van der Waals surface area (Å²) >= 11 is 11.9. The fourth-order valence-corrected chi connectivity index (χ4v) is 2.64. The second kappa shape index (κ2) is 9.60. The van der Waals surface area contributed by atoms with E-state index in [1.807, 2.05) is 0 Å². The lowest BCUT2D eigenvalue weighted by Gasteiger charge is -2.19. The predicted octanol–water partition coefficient (Wildman–Crippen LogP) is 3.64. The van der Waals surface area contributed by atoms with Crippen LogP contribution in [-0.4, -0.2) is 39.8 Å². The van der Waals surface area contributed by atoms with E-state index < -0.39 is 23.0 Å². The van der Waals surface area contributed by atoms with Gasteiger partial charge in [-0.05, 0) is 38.1 Å². The molecule has 0 radical (unpaired) electrons. The van der Waals surface area contributed by atoms with Crippen molar-refractivity contribution in [1.29, 1.82) is 0 Å². The predicted molar refractivity (Wildman–Crippen MR) is 116 cm³/mol. The number of carbonyl (C=O) groups excluding carboxylic acids is 1. The largest absolute Gasteiger partial charge is 0.505 e. The number of aromatic nitrogens is 1. The van der Waals surface area contributed by atoms with Crippen LogP contribution in [0, 0.1) is 5.41 Å². The molecule has 10 heteroatoms. The number of nitrogens with two attached hydrogens (primary N) is 1. The lowest BCUT2D eigenvalue weighted by Crippen LogP contribution is -2.39. The number of amides is 1. The van der Waals surface area contributed by atoms with Crippen LogP contribution in [-0.2, 0) is 4.79 Å². The number of allylic oxidation sites excluding steroid dienone is 1. The van der Waals surface area contributed by atoms with E-state index in [0.717, 1.165) is 0 Å². The van der Waals surface area contributed by atoms with Gasteiger partial charge in [0.05, 0.1) is 16.1 Å². The summed E-state index contributed by atoms with van der Waals surface area (Å²) in [5.74, 6) is -2.16. The van der Waals surface area contributed by atoms with Crippen molar-refractivity contribution in [2.45, 2.75) is 13.8 Å². The zero-order valence-electron chi connectivity index (χ0n) is 16.2. The van der Waals surface area contributed by atoms with Gasteiger partial charge in [0.1, 0.15) is 5.75 Å². The molecule has 0 spiro atoms. The Bertz CT molecular complexity index is 1040. The van der Waals surface area contributed by atoms with Crippen molar-refractivity contribution in [1.82, 2.24) is 10.3 Å². The van der Waals surface area contributed by atoms with Gasteiger partial charge in [-0.25, -0.2) is 4.98 Å². The zero-order valence-corrected chi connectivity index (χ0v) is 17.7. The average molecular weight is 451 g/mol. The number of hydrogen-bond donors (Lipinski definition) is 4. The lowest BCUT2D eigenvalue weighted by atomic mass is 9.94. The molecule has 2 aromatic rings. The molecule has 0 aliphatic rings. The van der Waals surface area contributed by atoms with Crippen LogP contribution in [0.15, 0.2) is 41.7 Å². The summed E-state index contributed by atoms with van der Waals surface area (Å²) in [7, 11) is 0. The second-order valence-corrected chi connectivity index (χ2v) is 7.78. The number of carboxylic acid groups (broad SMARTS) is 1. The molecule has 0 aliphatic carbocycles. The van der Waals surface area contributed by atoms with Gasteiger partial charge in [-0.2, -0.15) is 0 Å². The maximum Gasteiger partial charge on any atom is 0.310 e. The van der Waals surface area contributed by atoms with Crippen molar-refractivity contribution in [3.05, 3.63) is 58.0 Å². The minimum atomic E-state index is -1.17. The number of aromatic hydroxyl groups is 1. The van der Waals surface area contributed by atoms with Crippen LogP contribution in [0.3, 0.4) is 0 Å². The first kappa shape index (κ1) is 23.2. The number of aliphatic imine (C=N–C) groups is 1. The van der Waals surface area contributed by atoms with Gasteiger partial charge in [-0.1, -0.05) is 23.2 Å². The summed E-state index contributed by atoms with van der Waals surface area (Å²) < 4.78 is 0. The third-order valence-corrected chi connectivity index (χ3v) is 4.66. The highest BCUT2D eigenvalue weighted by Gasteiger charge is 2.28. The number of carboxylic acids is 1. The number of carbonyl (C=O) groups is 2. The quantitative estimate of drug-likeness (QED) is 0.475. The second-order valence-electron chi connectivity index (χ2n) is 6.94. The van der Waals surface area contributed by atoms with Crippen LogP contribution in [0.2, 0.25) is 10.0 Å². The van der Waals surface area contributed by atoms with Gasteiger partial charge >= 0.3 is 5.97 Å². The smallest absolute Gasteiger partial charge is 0.310 e. The van der Waals surface area contributed by atoms with Crippen molar-refractivity contribution in [2.24, 2.45) is 16.1 Å². The molecule has 1 heterocycles. The van der Waals surface area contributed by atoms with Crippen molar-refractivity contribution in [2.75, 3.05) is 6.54 Å². The molecule has 0 bridgehead atoms. The Morgan fingerprint density at radius 3 is 2.57 bits per heavy atom. The van der Waals surface area contributed by atoms with Gasteiger partial charge < -0.3 is 21.3 Å². The Kier molecular flexibility index (Phi) is 7.42. The molecule has 2 rings (SSSR count). The molecule has 0 saturated carbocycles. The molecule has 1 aromatic carbocycles. The van der Waals surface area contributed by atoms with Gasteiger partial charge in [0.15, 0.2) is 5.69 Å². The molecule has 0 aliphatic heterocycles. The highest BCUT2D eigenvalue weighted by atomic mass is 35.5. The lowest BCUT2D eigenvalue weighted by molar-refractivity contribution is -0.146. The molecule has 0 saturated heterocycles. The molecule has 0 atom stereocenters. The Hall–Kier alpha value is -3.10. The number of halogens is 2. The van der Waals surface area contributed by atoms with Crippen molar-refractivity contribution >= 4 is 52.6 Å². The summed E-state index contributed by atoms with van der Waals surface area (Å²) in [6.45, 7) is 2.81. The molecule has 158 valence electrons. The van der Waals surface area contributed by atoms with E-state index in [-0.39, 0.29) is 12.2 Å². The van der Waals surface area contributed by atoms with Crippen LogP contribution in [0.1, 0.15) is 29.9 Å². The first-order valence-electron chi connectivity index (χ1n) is 8.67. The van der Waals surface area contributed by atoms with E-state index in [1.165, 1.54) is 38.5 Å². The summed E-state index contributed by atoms with van der Waals surface area (Å²) in [6, 6.07) is 6.13. The fraction of sp³-hybridized carbons (Fsp3) is 0.200. The first-order chi connectivity index (χ1) is 14.0. The normalized spacial score (nSPS) is 12.2. The van der Waals surface area contributed by atoms with Gasteiger partial charge in [0.2, 0.25) is 0 Å². The molecule has 1 aromatic heterocycles. The Labute approximate surface area is 183 Å².